The van der Waals surface area contributed by atoms with Crippen LogP contribution in [0.15, 0.2) is 43.4 Å². The molecule has 0 aliphatic heterocycles. The minimum atomic E-state index is -2.45. The number of allylic oxidation sites excluding steroid dienone is 1. The maximum atomic E-state index is 12.6. The van der Waals surface area contributed by atoms with Crippen LogP contribution in [0.3, 0.4) is 0 Å². The highest BCUT2D eigenvalue weighted by molar-refractivity contribution is 5.84. The number of anilines is 1. The molecule has 3 heterocycles. The Morgan fingerprint density at radius 1 is 1.23 bits per heavy atom. The molecule has 8 heteroatoms. The number of hydrogen-bond acceptors (Lipinski definition) is 5. The van der Waals surface area contributed by atoms with Crippen LogP contribution < -0.4 is 10.6 Å². The van der Waals surface area contributed by atoms with Gasteiger partial charge in [-0.25, -0.2) is 23.3 Å². The van der Waals surface area contributed by atoms with Gasteiger partial charge in [0.05, 0.1) is 24.0 Å². The van der Waals surface area contributed by atoms with E-state index < -0.39 is 13.0 Å². The first-order valence-corrected chi connectivity index (χ1v) is 10.2. The number of nitrogens with zero attached hydrogens (tertiary/aromatic N) is 4. The van der Waals surface area contributed by atoms with Crippen LogP contribution in [-0.4, -0.2) is 39.1 Å². The van der Waals surface area contributed by atoms with Gasteiger partial charge in [0.2, 0.25) is 5.95 Å². The first kappa shape index (κ1) is 22.4. The predicted octanol–water partition coefficient (Wildman–Crippen LogP) is 4.78. The van der Waals surface area contributed by atoms with Crippen molar-refractivity contribution in [2.45, 2.75) is 34.1 Å². The Balaban J connectivity index is 1.92. The van der Waals surface area contributed by atoms with Crippen LogP contribution in [0.4, 0.5) is 14.7 Å². The van der Waals surface area contributed by atoms with Crippen LogP contribution in [0.25, 0.3) is 16.8 Å². The fraction of sp³-hybridized carbons (Fsp3) is 0.348. The largest absolute Gasteiger partial charge is 0.379 e. The molecule has 0 aromatic carbocycles. The Morgan fingerprint density at radius 3 is 2.65 bits per heavy atom. The molecule has 0 aliphatic carbocycles. The molecular weight excluding hydrogens is 398 g/mol. The standard InChI is InChI=1S/C23H28F2N6/c1-6-18(19-11-28-23(30-16(19)5)27-10-14(2)3)17-7-8-31-21(9-17)20(12-29-31)15(4)26-13-22(24)25/h6-9,11-12,14,22,26H,4,10,13H2,1-3,5H3,(H,27,28,30)/b18-6-. The Labute approximate surface area is 181 Å². The summed E-state index contributed by atoms with van der Waals surface area (Å²) in [5, 5.41) is 10.2. The average Bonchev–Trinajstić information content (AvgIpc) is 3.15. The second kappa shape index (κ2) is 9.68. The van der Waals surface area contributed by atoms with Gasteiger partial charge in [-0.2, -0.15) is 5.10 Å². The number of alkyl halides is 2. The lowest BCUT2D eigenvalue weighted by molar-refractivity contribution is 0.151. The third-order valence-corrected chi connectivity index (χ3v) is 4.85. The first-order valence-electron chi connectivity index (χ1n) is 10.2. The summed E-state index contributed by atoms with van der Waals surface area (Å²) in [6.07, 6.45) is 4.85. The Kier molecular flexibility index (Phi) is 6.99. The molecule has 0 saturated heterocycles. The fourth-order valence-electron chi connectivity index (χ4n) is 3.27. The van der Waals surface area contributed by atoms with Crippen molar-refractivity contribution < 1.29 is 8.78 Å². The summed E-state index contributed by atoms with van der Waals surface area (Å²) in [5.74, 6) is 1.11. The summed E-state index contributed by atoms with van der Waals surface area (Å²) in [6, 6.07) is 3.93. The summed E-state index contributed by atoms with van der Waals surface area (Å²) in [7, 11) is 0. The number of hydrogen-bond donors (Lipinski definition) is 2. The lowest BCUT2D eigenvalue weighted by Gasteiger charge is -2.13. The summed E-state index contributed by atoms with van der Waals surface area (Å²) in [6.45, 7) is 12.4. The smallest absolute Gasteiger partial charge is 0.255 e. The molecule has 0 atom stereocenters. The van der Waals surface area contributed by atoms with Crippen molar-refractivity contribution in [3.63, 3.8) is 0 Å². The van der Waals surface area contributed by atoms with E-state index in [9.17, 15) is 8.78 Å². The van der Waals surface area contributed by atoms with E-state index in [1.165, 1.54) is 0 Å². The summed E-state index contributed by atoms with van der Waals surface area (Å²) in [4.78, 5) is 9.07. The monoisotopic (exact) mass is 426 g/mol. The highest BCUT2D eigenvalue weighted by atomic mass is 19.3. The van der Waals surface area contributed by atoms with Gasteiger partial charge in [-0.05, 0) is 43.0 Å². The molecule has 2 N–H and O–H groups in total. The van der Waals surface area contributed by atoms with Crippen molar-refractivity contribution in [3.05, 3.63) is 65.8 Å². The van der Waals surface area contributed by atoms with Crippen molar-refractivity contribution in [1.82, 2.24) is 24.9 Å². The van der Waals surface area contributed by atoms with Crippen LogP contribution in [-0.2, 0) is 0 Å². The highest BCUT2D eigenvalue weighted by Crippen LogP contribution is 2.28. The van der Waals surface area contributed by atoms with Crippen molar-refractivity contribution >= 4 is 22.7 Å². The zero-order valence-corrected chi connectivity index (χ0v) is 18.3. The minimum absolute atomic E-state index is 0.412. The topological polar surface area (TPSA) is 67.1 Å². The molecule has 0 fully saturated rings. The molecule has 31 heavy (non-hydrogen) atoms. The quantitative estimate of drug-likeness (QED) is 0.516. The Morgan fingerprint density at radius 2 is 2.00 bits per heavy atom. The van der Waals surface area contributed by atoms with Crippen LogP contribution in [0.2, 0.25) is 0 Å². The van der Waals surface area contributed by atoms with Crippen LogP contribution in [0, 0.1) is 12.8 Å². The van der Waals surface area contributed by atoms with Gasteiger partial charge in [0.15, 0.2) is 0 Å². The number of rotatable bonds is 9. The van der Waals surface area contributed by atoms with E-state index in [0.29, 0.717) is 23.1 Å². The lowest BCUT2D eigenvalue weighted by Crippen LogP contribution is -2.19. The van der Waals surface area contributed by atoms with E-state index in [-0.39, 0.29) is 0 Å². The minimum Gasteiger partial charge on any atom is -0.379 e. The third-order valence-electron chi connectivity index (χ3n) is 4.85. The van der Waals surface area contributed by atoms with Gasteiger partial charge >= 0.3 is 0 Å². The van der Waals surface area contributed by atoms with E-state index in [1.54, 1.807) is 10.7 Å². The lowest BCUT2D eigenvalue weighted by atomic mass is 9.98. The molecular formula is C23H28F2N6. The molecule has 6 nitrogen and oxygen atoms in total. The third kappa shape index (κ3) is 5.25. The SMILES string of the molecule is C=C(NCC(F)F)c1cnn2ccc(/C(=C/C)c3cnc(NCC(C)C)nc3C)cc12. The molecule has 3 aromatic rings. The van der Waals surface area contributed by atoms with Gasteiger partial charge in [0.25, 0.3) is 6.43 Å². The predicted molar refractivity (Wildman–Crippen MR) is 121 cm³/mol. The second-order valence-electron chi connectivity index (χ2n) is 7.72. The first-order chi connectivity index (χ1) is 14.8. The molecule has 0 aliphatic rings. The number of aryl methyl sites for hydroxylation is 1. The van der Waals surface area contributed by atoms with Crippen LogP contribution in [0.5, 0.6) is 0 Å². The number of fused-ring (bicyclic) bond motifs is 1. The maximum absolute atomic E-state index is 12.6. The molecule has 0 unspecified atom stereocenters. The molecule has 0 radical (unpaired) electrons. The van der Waals surface area contributed by atoms with Gasteiger partial charge in [-0.3, -0.25) is 0 Å². The van der Waals surface area contributed by atoms with Gasteiger partial charge in [0, 0.05) is 35.8 Å². The van der Waals surface area contributed by atoms with Gasteiger partial charge in [-0.15, -0.1) is 0 Å². The molecule has 0 saturated carbocycles. The number of pyridine rings is 1. The van der Waals surface area contributed by atoms with Crippen LogP contribution >= 0.6 is 0 Å². The fourth-order valence-corrected chi connectivity index (χ4v) is 3.27. The van der Waals surface area contributed by atoms with Gasteiger partial charge < -0.3 is 10.6 Å². The van der Waals surface area contributed by atoms with Crippen molar-refractivity contribution in [2.24, 2.45) is 5.92 Å². The number of nitrogens with one attached hydrogen (secondary N) is 2. The molecule has 0 spiro atoms. The summed E-state index contributed by atoms with van der Waals surface area (Å²) >= 11 is 0. The Bertz CT molecular complexity index is 1100. The molecule has 3 aromatic heterocycles. The van der Waals surface area contributed by atoms with E-state index in [0.717, 1.165) is 34.5 Å². The van der Waals surface area contributed by atoms with Gasteiger partial charge in [-0.1, -0.05) is 26.5 Å². The van der Waals surface area contributed by atoms with Crippen molar-refractivity contribution in [2.75, 3.05) is 18.4 Å². The van der Waals surface area contributed by atoms with E-state index in [1.807, 2.05) is 44.4 Å². The molecule has 0 amide bonds. The molecule has 3 rings (SSSR count). The maximum Gasteiger partial charge on any atom is 0.255 e. The number of aromatic nitrogens is 4. The van der Waals surface area contributed by atoms with Gasteiger partial charge in [0.1, 0.15) is 0 Å². The highest BCUT2D eigenvalue weighted by Gasteiger charge is 2.14. The summed E-state index contributed by atoms with van der Waals surface area (Å²) < 4.78 is 26.8. The molecule has 0 bridgehead atoms. The van der Waals surface area contributed by atoms with E-state index >= 15 is 0 Å². The molecule has 164 valence electrons. The van der Waals surface area contributed by atoms with E-state index in [2.05, 4.69) is 46.1 Å². The van der Waals surface area contributed by atoms with E-state index in [4.69, 9.17) is 0 Å². The normalized spacial score (nSPS) is 12.1. The zero-order chi connectivity index (χ0) is 22.5. The van der Waals surface area contributed by atoms with Crippen LogP contribution in [0.1, 0.15) is 43.2 Å². The zero-order valence-electron chi connectivity index (χ0n) is 18.3. The number of halogens is 2. The second-order valence-corrected chi connectivity index (χ2v) is 7.72. The average molecular weight is 427 g/mol. The van der Waals surface area contributed by atoms with Crippen molar-refractivity contribution in [1.29, 1.82) is 0 Å². The van der Waals surface area contributed by atoms with Crippen molar-refractivity contribution in [3.8, 4) is 0 Å². The summed E-state index contributed by atoms with van der Waals surface area (Å²) in [5.41, 5.74) is 5.59. The Hall–Kier alpha value is -3.29.